The van der Waals surface area contributed by atoms with E-state index in [9.17, 15) is 4.79 Å². The summed E-state index contributed by atoms with van der Waals surface area (Å²) in [5.74, 6) is -0.269. The number of nitrogens with zero attached hydrogens (tertiary/aromatic N) is 2. The highest BCUT2D eigenvalue weighted by Gasteiger charge is 2.31. The normalized spacial score (nSPS) is 25.8. The molecule has 2 atom stereocenters. The summed E-state index contributed by atoms with van der Waals surface area (Å²) in [7, 11) is 3.99. The fourth-order valence-electron chi connectivity index (χ4n) is 2.71. The number of amides is 1. The molecule has 5 nitrogen and oxygen atoms in total. The van der Waals surface area contributed by atoms with Crippen molar-refractivity contribution in [1.82, 2.24) is 15.1 Å². The van der Waals surface area contributed by atoms with E-state index in [2.05, 4.69) is 29.1 Å². The zero-order chi connectivity index (χ0) is 14.5. The van der Waals surface area contributed by atoms with E-state index in [1.54, 1.807) is 7.05 Å². The number of primary amides is 1. The van der Waals surface area contributed by atoms with Crippen LogP contribution in [0.2, 0.25) is 0 Å². The van der Waals surface area contributed by atoms with E-state index in [1.165, 1.54) is 6.42 Å². The number of hydrogen-bond acceptors (Lipinski definition) is 4. The van der Waals surface area contributed by atoms with Crippen molar-refractivity contribution in [3.05, 3.63) is 0 Å². The highest BCUT2D eigenvalue weighted by atomic mass is 16.1. The van der Waals surface area contributed by atoms with Gasteiger partial charge in [-0.15, -0.1) is 0 Å². The molecule has 3 N–H and O–H groups in total. The summed E-state index contributed by atoms with van der Waals surface area (Å²) in [4.78, 5) is 16.4. The Balaban J connectivity index is 2.61. The molecule has 0 aromatic carbocycles. The van der Waals surface area contributed by atoms with Gasteiger partial charge in [0.15, 0.2) is 0 Å². The van der Waals surface area contributed by atoms with Gasteiger partial charge in [0.1, 0.15) is 0 Å². The molecule has 1 saturated heterocycles. The minimum atomic E-state index is -0.601. The molecule has 1 fully saturated rings. The molecule has 0 saturated carbocycles. The third-order valence-electron chi connectivity index (χ3n) is 4.49. The highest BCUT2D eigenvalue weighted by molar-refractivity contribution is 5.84. The van der Waals surface area contributed by atoms with Crippen molar-refractivity contribution in [1.29, 1.82) is 0 Å². The third kappa shape index (κ3) is 4.44. The fourth-order valence-corrected chi connectivity index (χ4v) is 2.71. The Bertz CT molecular complexity index is 297. The molecule has 2 unspecified atom stereocenters. The predicted octanol–water partition coefficient (Wildman–Crippen LogP) is 0.256. The van der Waals surface area contributed by atoms with E-state index >= 15 is 0 Å². The summed E-state index contributed by atoms with van der Waals surface area (Å²) in [6, 6.07) is 0.585. The van der Waals surface area contributed by atoms with Crippen molar-refractivity contribution in [2.45, 2.75) is 44.7 Å². The standard InChI is InChI=1S/C14H30N4O/c1-5-12-11-17(4)8-6-9-18(12)10-7-14(2,16-3)13(15)19/h12,16H,5-11H2,1-4H3,(H2,15,19). The van der Waals surface area contributed by atoms with E-state index in [1.807, 2.05) is 6.92 Å². The predicted molar refractivity (Wildman–Crippen MR) is 79.0 cm³/mol. The van der Waals surface area contributed by atoms with Crippen molar-refractivity contribution in [2.24, 2.45) is 5.73 Å². The SMILES string of the molecule is CCC1CN(C)CCCN1CCC(C)(NC)C(N)=O. The number of carbonyl (C=O) groups excluding carboxylic acids is 1. The molecule has 1 rings (SSSR count). The second kappa shape index (κ2) is 7.22. The van der Waals surface area contributed by atoms with Gasteiger partial charge in [-0.05, 0) is 53.4 Å². The Kier molecular flexibility index (Phi) is 6.23. The summed E-state index contributed by atoms with van der Waals surface area (Å²) in [5.41, 5.74) is 4.89. The molecule has 0 aliphatic carbocycles. The fraction of sp³-hybridized carbons (Fsp3) is 0.929. The van der Waals surface area contributed by atoms with Gasteiger partial charge in [-0.25, -0.2) is 0 Å². The Morgan fingerprint density at radius 2 is 2.16 bits per heavy atom. The van der Waals surface area contributed by atoms with Crippen LogP contribution in [-0.4, -0.2) is 67.6 Å². The molecule has 0 aromatic heterocycles. The third-order valence-corrected chi connectivity index (χ3v) is 4.49. The Hall–Kier alpha value is -0.650. The van der Waals surface area contributed by atoms with Gasteiger partial charge >= 0.3 is 0 Å². The van der Waals surface area contributed by atoms with E-state index in [4.69, 9.17) is 5.73 Å². The molecule has 1 heterocycles. The van der Waals surface area contributed by atoms with Gasteiger partial charge in [0.05, 0.1) is 5.54 Å². The van der Waals surface area contributed by atoms with Crippen molar-refractivity contribution in [3.63, 3.8) is 0 Å². The van der Waals surface area contributed by atoms with Crippen LogP contribution in [-0.2, 0) is 4.79 Å². The minimum absolute atomic E-state index is 0.269. The first-order valence-corrected chi connectivity index (χ1v) is 7.34. The van der Waals surface area contributed by atoms with Crippen LogP contribution in [0.4, 0.5) is 0 Å². The van der Waals surface area contributed by atoms with Crippen LogP contribution >= 0.6 is 0 Å². The van der Waals surface area contributed by atoms with E-state index in [-0.39, 0.29) is 5.91 Å². The molecule has 112 valence electrons. The van der Waals surface area contributed by atoms with Gasteiger partial charge in [0.2, 0.25) is 5.91 Å². The number of nitrogens with two attached hydrogens (primary N) is 1. The minimum Gasteiger partial charge on any atom is -0.368 e. The van der Waals surface area contributed by atoms with Gasteiger partial charge in [-0.1, -0.05) is 6.92 Å². The summed E-state index contributed by atoms with van der Waals surface area (Å²) in [6.45, 7) is 8.44. The average Bonchev–Trinajstić information content (AvgIpc) is 2.56. The highest BCUT2D eigenvalue weighted by Crippen LogP contribution is 2.16. The Labute approximate surface area is 117 Å². The molecular weight excluding hydrogens is 240 g/mol. The van der Waals surface area contributed by atoms with E-state index < -0.39 is 5.54 Å². The Morgan fingerprint density at radius 1 is 1.47 bits per heavy atom. The summed E-state index contributed by atoms with van der Waals surface area (Å²) >= 11 is 0. The van der Waals surface area contributed by atoms with Gasteiger partial charge in [0.25, 0.3) is 0 Å². The van der Waals surface area contributed by atoms with Crippen LogP contribution in [0.3, 0.4) is 0 Å². The van der Waals surface area contributed by atoms with Crippen molar-refractivity contribution >= 4 is 5.91 Å². The van der Waals surface area contributed by atoms with Crippen LogP contribution in [0.15, 0.2) is 0 Å². The molecular formula is C14H30N4O. The lowest BCUT2D eigenvalue weighted by Gasteiger charge is -2.33. The molecule has 0 spiro atoms. The maximum absolute atomic E-state index is 11.5. The summed E-state index contributed by atoms with van der Waals surface area (Å²) in [6.07, 6.45) is 3.11. The second-order valence-electron chi connectivity index (χ2n) is 5.91. The van der Waals surface area contributed by atoms with Crippen LogP contribution in [0.25, 0.3) is 0 Å². The van der Waals surface area contributed by atoms with Crippen molar-refractivity contribution < 1.29 is 4.79 Å². The van der Waals surface area contributed by atoms with E-state index in [0.717, 1.165) is 39.0 Å². The zero-order valence-corrected chi connectivity index (χ0v) is 12.9. The van der Waals surface area contributed by atoms with Crippen molar-refractivity contribution in [3.8, 4) is 0 Å². The number of likely N-dealkylation sites (N-methyl/N-ethyl adjacent to an activating group) is 2. The zero-order valence-electron chi connectivity index (χ0n) is 12.9. The summed E-state index contributed by atoms with van der Waals surface area (Å²) in [5, 5.41) is 3.06. The number of hydrogen-bond donors (Lipinski definition) is 2. The lowest BCUT2D eigenvalue weighted by Crippen LogP contribution is -2.54. The molecule has 5 heteroatoms. The molecule has 1 aliphatic heterocycles. The lowest BCUT2D eigenvalue weighted by molar-refractivity contribution is -0.124. The largest absolute Gasteiger partial charge is 0.368 e. The molecule has 0 aromatic rings. The molecule has 19 heavy (non-hydrogen) atoms. The quantitative estimate of drug-likeness (QED) is 0.726. The van der Waals surface area contributed by atoms with Crippen LogP contribution in [0.5, 0.6) is 0 Å². The average molecular weight is 270 g/mol. The van der Waals surface area contributed by atoms with Gasteiger partial charge in [0, 0.05) is 19.1 Å². The lowest BCUT2D eigenvalue weighted by atomic mass is 9.96. The number of carbonyl (C=O) groups is 1. The van der Waals surface area contributed by atoms with Gasteiger partial charge in [-0.2, -0.15) is 0 Å². The maximum Gasteiger partial charge on any atom is 0.237 e. The number of rotatable bonds is 6. The van der Waals surface area contributed by atoms with Gasteiger partial charge in [-0.3, -0.25) is 9.69 Å². The maximum atomic E-state index is 11.5. The second-order valence-corrected chi connectivity index (χ2v) is 5.91. The van der Waals surface area contributed by atoms with Crippen LogP contribution in [0, 0.1) is 0 Å². The Morgan fingerprint density at radius 3 is 2.68 bits per heavy atom. The topological polar surface area (TPSA) is 61.6 Å². The first kappa shape index (κ1) is 16.4. The van der Waals surface area contributed by atoms with Crippen LogP contribution < -0.4 is 11.1 Å². The van der Waals surface area contributed by atoms with Gasteiger partial charge < -0.3 is 16.0 Å². The molecule has 0 radical (unpaired) electrons. The van der Waals surface area contributed by atoms with E-state index in [0.29, 0.717) is 6.04 Å². The molecule has 1 amide bonds. The first-order chi connectivity index (χ1) is 8.92. The smallest absolute Gasteiger partial charge is 0.237 e. The van der Waals surface area contributed by atoms with Crippen LogP contribution in [0.1, 0.15) is 33.1 Å². The van der Waals surface area contributed by atoms with Crippen molar-refractivity contribution in [2.75, 3.05) is 40.3 Å². The molecule has 1 aliphatic rings. The number of nitrogens with one attached hydrogen (secondary N) is 1. The summed E-state index contributed by atoms with van der Waals surface area (Å²) < 4.78 is 0. The monoisotopic (exact) mass is 270 g/mol. The first-order valence-electron chi connectivity index (χ1n) is 7.34. The molecule has 0 bridgehead atoms.